The molecule has 0 heteroatoms. The molecule has 0 amide bonds. The molecular weight excluding hydrogens is 348 g/mol. The minimum absolute atomic E-state index is 0.969. The van der Waals surface area contributed by atoms with Gasteiger partial charge in [-0.25, -0.2) is 0 Å². The first kappa shape index (κ1) is 29.0. The maximum absolute atomic E-state index is 2.49. The van der Waals surface area contributed by atoms with E-state index in [4.69, 9.17) is 0 Å². The lowest BCUT2D eigenvalue weighted by atomic mass is 9.95. The molecule has 0 aliphatic rings. The van der Waals surface area contributed by atoms with E-state index in [1.807, 2.05) is 0 Å². The highest BCUT2D eigenvalue weighted by atomic mass is 14.1. The molecule has 29 heavy (non-hydrogen) atoms. The van der Waals surface area contributed by atoms with Gasteiger partial charge in [-0.3, -0.25) is 0 Å². The van der Waals surface area contributed by atoms with Gasteiger partial charge in [-0.15, -0.1) is 0 Å². The molecule has 0 aliphatic carbocycles. The normalized spacial score (nSPS) is 12.5. The minimum Gasteiger partial charge on any atom is -0.0654 e. The summed E-state index contributed by atoms with van der Waals surface area (Å²) in [6.07, 6.45) is 36.8. The largest absolute Gasteiger partial charge is 0.0654 e. The van der Waals surface area contributed by atoms with Crippen LogP contribution in [0, 0.1) is 5.92 Å². The summed E-state index contributed by atoms with van der Waals surface area (Å²) in [5.74, 6) is 0.969. The third-order valence-corrected chi connectivity index (χ3v) is 6.85. The first-order valence-electron chi connectivity index (χ1n) is 14.3. The molecule has 1 atom stereocenters. The lowest BCUT2D eigenvalue weighted by molar-refractivity contribution is 0.429. The van der Waals surface area contributed by atoms with Crippen molar-refractivity contribution >= 4 is 0 Å². The van der Waals surface area contributed by atoms with E-state index < -0.39 is 0 Å². The number of unbranched alkanes of at least 4 members (excludes halogenated alkanes) is 21. The van der Waals surface area contributed by atoms with Gasteiger partial charge in [0.1, 0.15) is 0 Å². The van der Waals surface area contributed by atoms with Crippen molar-refractivity contribution in [3.8, 4) is 0 Å². The van der Waals surface area contributed by atoms with Gasteiger partial charge in [0, 0.05) is 0 Å². The van der Waals surface area contributed by atoms with Crippen molar-refractivity contribution in [1.82, 2.24) is 0 Å². The summed E-state index contributed by atoms with van der Waals surface area (Å²) in [4.78, 5) is 0. The molecule has 0 spiro atoms. The van der Waals surface area contributed by atoms with Gasteiger partial charge in [-0.05, 0) is 5.92 Å². The lowest BCUT2D eigenvalue weighted by Gasteiger charge is -2.11. The SMILES string of the molecule is CCCCCCCCCCCCCCC(C)CCCCCCCCCCCCC. The molecule has 0 nitrogen and oxygen atoms in total. The maximum Gasteiger partial charge on any atom is -0.0443 e. The van der Waals surface area contributed by atoms with E-state index in [0.717, 1.165) is 5.92 Å². The average molecular weight is 409 g/mol. The summed E-state index contributed by atoms with van der Waals surface area (Å²) in [6.45, 7) is 7.11. The third kappa shape index (κ3) is 26.0. The van der Waals surface area contributed by atoms with Gasteiger partial charge in [-0.1, -0.05) is 181 Å². The van der Waals surface area contributed by atoms with Crippen molar-refractivity contribution in [3.63, 3.8) is 0 Å². The molecule has 0 aromatic carbocycles. The van der Waals surface area contributed by atoms with Gasteiger partial charge in [0.15, 0.2) is 0 Å². The van der Waals surface area contributed by atoms with E-state index in [1.54, 1.807) is 0 Å². The average Bonchev–Trinajstić information content (AvgIpc) is 2.72. The molecule has 0 saturated heterocycles. The Balaban J connectivity index is 3.12. The quantitative estimate of drug-likeness (QED) is 0.132. The highest BCUT2D eigenvalue weighted by molar-refractivity contribution is 4.56. The highest BCUT2D eigenvalue weighted by Gasteiger charge is 2.02. The summed E-state index contributed by atoms with van der Waals surface area (Å²) in [5.41, 5.74) is 0. The van der Waals surface area contributed by atoms with Crippen molar-refractivity contribution in [2.24, 2.45) is 5.92 Å². The van der Waals surface area contributed by atoms with Crippen LogP contribution in [0.3, 0.4) is 0 Å². The molecule has 0 saturated carbocycles. The zero-order valence-electron chi connectivity index (χ0n) is 21.3. The van der Waals surface area contributed by atoms with Crippen LogP contribution in [0.5, 0.6) is 0 Å². The first-order chi connectivity index (χ1) is 14.3. The van der Waals surface area contributed by atoms with Crippen molar-refractivity contribution in [2.45, 2.75) is 181 Å². The van der Waals surface area contributed by atoms with Crippen LogP contribution in [0.25, 0.3) is 0 Å². The number of rotatable bonds is 25. The molecule has 0 bridgehead atoms. The Morgan fingerprint density at radius 3 is 0.759 bits per heavy atom. The molecular formula is C29H60. The van der Waals surface area contributed by atoms with Crippen LogP contribution in [0.15, 0.2) is 0 Å². The minimum atomic E-state index is 0.969. The Hall–Kier alpha value is 0. The van der Waals surface area contributed by atoms with E-state index in [1.165, 1.54) is 161 Å². The van der Waals surface area contributed by atoms with Crippen LogP contribution >= 0.6 is 0 Å². The Kier molecular flexibility index (Phi) is 26.0. The molecule has 0 fully saturated rings. The van der Waals surface area contributed by atoms with Crippen molar-refractivity contribution in [3.05, 3.63) is 0 Å². The Morgan fingerprint density at radius 1 is 0.310 bits per heavy atom. The molecule has 0 aliphatic heterocycles. The zero-order valence-corrected chi connectivity index (χ0v) is 21.3. The highest BCUT2D eigenvalue weighted by Crippen LogP contribution is 2.19. The van der Waals surface area contributed by atoms with Crippen molar-refractivity contribution in [2.75, 3.05) is 0 Å². The molecule has 0 N–H and O–H groups in total. The molecule has 0 radical (unpaired) electrons. The fraction of sp³-hybridized carbons (Fsp3) is 1.00. The molecule has 1 unspecified atom stereocenters. The van der Waals surface area contributed by atoms with Gasteiger partial charge >= 0.3 is 0 Å². The summed E-state index contributed by atoms with van der Waals surface area (Å²) < 4.78 is 0. The zero-order chi connectivity index (χ0) is 21.3. The monoisotopic (exact) mass is 408 g/mol. The van der Waals surface area contributed by atoms with Gasteiger partial charge in [0.05, 0.1) is 0 Å². The Labute approximate surface area is 187 Å². The number of hydrogen-bond acceptors (Lipinski definition) is 0. The summed E-state index contributed by atoms with van der Waals surface area (Å²) in [5, 5.41) is 0. The Morgan fingerprint density at radius 2 is 0.517 bits per heavy atom. The summed E-state index contributed by atoms with van der Waals surface area (Å²) in [7, 11) is 0. The predicted molar refractivity (Wildman–Crippen MR) is 136 cm³/mol. The van der Waals surface area contributed by atoms with E-state index in [9.17, 15) is 0 Å². The van der Waals surface area contributed by atoms with Gasteiger partial charge in [0.25, 0.3) is 0 Å². The van der Waals surface area contributed by atoms with E-state index in [-0.39, 0.29) is 0 Å². The van der Waals surface area contributed by atoms with Crippen molar-refractivity contribution in [1.29, 1.82) is 0 Å². The van der Waals surface area contributed by atoms with Gasteiger partial charge < -0.3 is 0 Å². The second-order valence-corrected chi connectivity index (χ2v) is 10.1. The van der Waals surface area contributed by atoms with Crippen LogP contribution < -0.4 is 0 Å². The van der Waals surface area contributed by atoms with Gasteiger partial charge in [-0.2, -0.15) is 0 Å². The van der Waals surface area contributed by atoms with Crippen LogP contribution in [0.2, 0.25) is 0 Å². The maximum atomic E-state index is 2.49. The fourth-order valence-electron chi connectivity index (χ4n) is 4.64. The fourth-order valence-corrected chi connectivity index (χ4v) is 4.64. The Bertz CT molecular complexity index is 269. The van der Waals surface area contributed by atoms with Crippen molar-refractivity contribution < 1.29 is 0 Å². The molecule has 0 rings (SSSR count). The van der Waals surface area contributed by atoms with Crippen LogP contribution in [0.1, 0.15) is 181 Å². The van der Waals surface area contributed by atoms with E-state index in [2.05, 4.69) is 20.8 Å². The second kappa shape index (κ2) is 26.0. The molecule has 0 heterocycles. The summed E-state index contributed by atoms with van der Waals surface area (Å²) >= 11 is 0. The number of hydrogen-bond donors (Lipinski definition) is 0. The second-order valence-electron chi connectivity index (χ2n) is 10.1. The molecule has 176 valence electrons. The standard InChI is InChI=1S/C29H60/c1-4-6-8-10-12-14-16-18-20-22-24-26-28-29(3)27-25-23-21-19-17-15-13-11-9-7-5-2/h29H,4-28H2,1-3H3. The van der Waals surface area contributed by atoms with Crippen LogP contribution in [-0.2, 0) is 0 Å². The smallest absolute Gasteiger partial charge is 0.0443 e. The van der Waals surface area contributed by atoms with E-state index in [0.29, 0.717) is 0 Å². The van der Waals surface area contributed by atoms with Gasteiger partial charge in [0.2, 0.25) is 0 Å². The first-order valence-corrected chi connectivity index (χ1v) is 14.3. The third-order valence-electron chi connectivity index (χ3n) is 6.85. The van der Waals surface area contributed by atoms with Crippen LogP contribution in [0.4, 0.5) is 0 Å². The molecule has 0 aromatic heterocycles. The topological polar surface area (TPSA) is 0 Å². The van der Waals surface area contributed by atoms with Crippen LogP contribution in [-0.4, -0.2) is 0 Å². The van der Waals surface area contributed by atoms with E-state index >= 15 is 0 Å². The summed E-state index contributed by atoms with van der Waals surface area (Å²) in [6, 6.07) is 0. The predicted octanol–water partition coefficient (Wildman–Crippen LogP) is 11.4. The molecule has 0 aromatic rings. The lowest BCUT2D eigenvalue weighted by Crippen LogP contribution is -1.95.